The Kier molecular flexibility index (Phi) is 6.05. The molecule has 0 radical (unpaired) electrons. The van der Waals surface area contributed by atoms with E-state index in [1.807, 2.05) is 26.0 Å². The van der Waals surface area contributed by atoms with E-state index in [0.29, 0.717) is 16.5 Å². The van der Waals surface area contributed by atoms with Gasteiger partial charge in [-0.25, -0.2) is 0 Å². The summed E-state index contributed by atoms with van der Waals surface area (Å²) in [4.78, 5) is 23.4. The summed E-state index contributed by atoms with van der Waals surface area (Å²) in [7, 11) is 0. The quantitative estimate of drug-likeness (QED) is 0.621. The van der Waals surface area contributed by atoms with Crippen molar-refractivity contribution in [1.29, 1.82) is 0 Å². The summed E-state index contributed by atoms with van der Waals surface area (Å²) in [5.41, 5.74) is 4.30. The minimum Gasteiger partial charge on any atom is -0.326 e. The van der Waals surface area contributed by atoms with Gasteiger partial charge in [-0.2, -0.15) is 4.68 Å². The van der Waals surface area contributed by atoms with Crippen LogP contribution in [0.3, 0.4) is 0 Å². The molecule has 8 nitrogen and oxygen atoms in total. The van der Waals surface area contributed by atoms with Crippen LogP contribution in [0.25, 0.3) is 5.69 Å². The Balaban J connectivity index is 1.64. The van der Waals surface area contributed by atoms with E-state index in [9.17, 15) is 9.59 Å². The van der Waals surface area contributed by atoms with E-state index >= 15 is 0 Å². The third kappa shape index (κ3) is 5.17. The molecule has 0 saturated heterocycles. The van der Waals surface area contributed by atoms with Gasteiger partial charge in [0.1, 0.15) is 0 Å². The van der Waals surface area contributed by atoms with Crippen LogP contribution in [0, 0.1) is 13.8 Å². The molecule has 3 aromatic rings. The fraction of sp³-hybridized carbons (Fsp3) is 0.211. The van der Waals surface area contributed by atoms with Crippen LogP contribution in [0.4, 0.5) is 11.4 Å². The molecule has 144 valence electrons. The molecular weight excluding hydrogens is 376 g/mol. The molecule has 0 fully saturated rings. The number of aryl methyl sites for hydroxylation is 2. The fourth-order valence-electron chi connectivity index (χ4n) is 2.71. The van der Waals surface area contributed by atoms with Crippen LogP contribution in [0.15, 0.2) is 47.6 Å². The zero-order chi connectivity index (χ0) is 20.1. The van der Waals surface area contributed by atoms with Gasteiger partial charge in [-0.1, -0.05) is 23.9 Å². The van der Waals surface area contributed by atoms with Gasteiger partial charge in [0.25, 0.3) is 0 Å². The van der Waals surface area contributed by atoms with E-state index in [4.69, 9.17) is 0 Å². The number of benzene rings is 2. The number of amides is 2. The summed E-state index contributed by atoms with van der Waals surface area (Å²) in [6.07, 6.45) is 0. The maximum Gasteiger partial charge on any atom is 0.234 e. The number of nitrogens with zero attached hydrogens (tertiary/aromatic N) is 4. The van der Waals surface area contributed by atoms with Gasteiger partial charge in [0.05, 0.1) is 11.4 Å². The summed E-state index contributed by atoms with van der Waals surface area (Å²) in [5, 5.41) is 17.8. The van der Waals surface area contributed by atoms with Gasteiger partial charge >= 0.3 is 0 Å². The van der Waals surface area contributed by atoms with Crippen LogP contribution in [-0.2, 0) is 9.59 Å². The Hall–Kier alpha value is -3.20. The number of anilines is 2. The highest BCUT2D eigenvalue weighted by Gasteiger charge is 2.12. The number of hydrogen-bond donors (Lipinski definition) is 2. The molecule has 0 atom stereocenters. The van der Waals surface area contributed by atoms with Crippen LogP contribution in [0.1, 0.15) is 18.1 Å². The Morgan fingerprint density at radius 2 is 1.71 bits per heavy atom. The van der Waals surface area contributed by atoms with Crippen molar-refractivity contribution in [3.8, 4) is 5.69 Å². The first-order valence-corrected chi connectivity index (χ1v) is 9.56. The van der Waals surface area contributed by atoms with Crippen LogP contribution in [0.5, 0.6) is 0 Å². The van der Waals surface area contributed by atoms with E-state index in [2.05, 4.69) is 32.2 Å². The molecule has 2 amide bonds. The Morgan fingerprint density at radius 1 is 1.04 bits per heavy atom. The third-order valence-corrected chi connectivity index (χ3v) is 4.61. The monoisotopic (exact) mass is 396 g/mol. The maximum absolute atomic E-state index is 12.3. The van der Waals surface area contributed by atoms with E-state index in [0.717, 1.165) is 16.8 Å². The molecule has 0 bridgehead atoms. The highest BCUT2D eigenvalue weighted by molar-refractivity contribution is 7.99. The number of carbonyl (C=O) groups excluding carboxylic acids is 2. The minimum absolute atomic E-state index is 0.148. The first-order valence-electron chi connectivity index (χ1n) is 8.58. The van der Waals surface area contributed by atoms with Crippen molar-refractivity contribution in [2.75, 3.05) is 16.4 Å². The van der Waals surface area contributed by atoms with Gasteiger partial charge in [-0.05, 0) is 65.7 Å². The fourth-order valence-corrected chi connectivity index (χ4v) is 3.40. The average Bonchev–Trinajstić information content (AvgIpc) is 3.07. The normalized spacial score (nSPS) is 10.5. The van der Waals surface area contributed by atoms with Crippen LogP contribution < -0.4 is 10.6 Å². The Bertz CT molecular complexity index is 997. The molecule has 0 spiro atoms. The van der Waals surface area contributed by atoms with Crippen LogP contribution in [0.2, 0.25) is 0 Å². The standard InChI is InChI=1S/C19H20N6O2S/c1-12-7-13(2)9-17(8-12)25-19(22-23-24-25)28-11-18(27)21-16-6-4-5-15(10-16)20-14(3)26/h4-10H,11H2,1-3H3,(H,20,26)(H,21,27). The molecule has 0 aliphatic carbocycles. The van der Waals surface area contributed by atoms with E-state index in [1.165, 1.54) is 18.7 Å². The molecule has 3 rings (SSSR count). The van der Waals surface area contributed by atoms with Crippen LogP contribution in [-0.4, -0.2) is 37.8 Å². The van der Waals surface area contributed by atoms with Gasteiger partial charge in [0, 0.05) is 18.3 Å². The molecule has 0 aliphatic rings. The molecule has 0 saturated carbocycles. The SMILES string of the molecule is CC(=O)Nc1cccc(NC(=O)CSc2nnnn2-c2cc(C)cc(C)c2)c1. The van der Waals surface area contributed by atoms with E-state index in [-0.39, 0.29) is 17.6 Å². The lowest BCUT2D eigenvalue weighted by Crippen LogP contribution is -2.15. The second-order valence-corrected chi connectivity index (χ2v) is 7.26. The average molecular weight is 396 g/mol. The third-order valence-electron chi connectivity index (χ3n) is 3.69. The van der Waals surface area contributed by atoms with Crippen molar-refractivity contribution in [3.05, 3.63) is 53.6 Å². The predicted molar refractivity (Wildman–Crippen MR) is 109 cm³/mol. The van der Waals surface area contributed by atoms with Gasteiger partial charge in [0.15, 0.2) is 0 Å². The van der Waals surface area contributed by atoms with Crippen molar-refractivity contribution < 1.29 is 9.59 Å². The highest BCUT2D eigenvalue weighted by Crippen LogP contribution is 2.21. The Morgan fingerprint density at radius 3 is 2.39 bits per heavy atom. The zero-order valence-corrected chi connectivity index (χ0v) is 16.6. The lowest BCUT2D eigenvalue weighted by Gasteiger charge is -2.08. The number of tetrazole rings is 1. The van der Waals surface area contributed by atoms with Crippen molar-refractivity contribution >= 4 is 35.0 Å². The van der Waals surface area contributed by atoms with Gasteiger partial charge < -0.3 is 10.6 Å². The topological polar surface area (TPSA) is 102 Å². The lowest BCUT2D eigenvalue weighted by atomic mass is 10.1. The summed E-state index contributed by atoms with van der Waals surface area (Å²) in [6.45, 7) is 5.45. The molecular formula is C19H20N6O2S. The number of hydrogen-bond acceptors (Lipinski definition) is 6. The number of aromatic nitrogens is 4. The molecule has 28 heavy (non-hydrogen) atoms. The number of carbonyl (C=O) groups is 2. The first kappa shape index (κ1) is 19.6. The smallest absolute Gasteiger partial charge is 0.234 e. The van der Waals surface area contributed by atoms with Crippen molar-refractivity contribution in [1.82, 2.24) is 20.2 Å². The molecule has 9 heteroatoms. The van der Waals surface area contributed by atoms with Gasteiger partial charge in [0.2, 0.25) is 17.0 Å². The molecule has 0 unspecified atom stereocenters. The van der Waals surface area contributed by atoms with E-state index in [1.54, 1.807) is 28.9 Å². The molecule has 1 aromatic heterocycles. The second kappa shape index (κ2) is 8.66. The molecule has 2 aromatic carbocycles. The predicted octanol–water partition coefficient (Wildman–Crippen LogP) is 2.97. The Labute approximate surface area is 166 Å². The number of thioether (sulfide) groups is 1. The second-order valence-electron chi connectivity index (χ2n) is 6.32. The van der Waals surface area contributed by atoms with Crippen molar-refractivity contribution in [2.45, 2.75) is 25.9 Å². The van der Waals surface area contributed by atoms with E-state index < -0.39 is 0 Å². The highest BCUT2D eigenvalue weighted by atomic mass is 32.2. The van der Waals surface area contributed by atoms with Gasteiger partial charge in [-0.15, -0.1) is 5.10 Å². The maximum atomic E-state index is 12.3. The number of rotatable bonds is 6. The van der Waals surface area contributed by atoms with Crippen molar-refractivity contribution in [3.63, 3.8) is 0 Å². The molecule has 2 N–H and O–H groups in total. The summed E-state index contributed by atoms with van der Waals surface area (Å²) in [5.74, 6) is -0.215. The van der Waals surface area contributed by atoms with Crippen molar-refractivity contribution in [2.24, 2.45) is 0 Å². The summed E-state index contributed by atoms with van der Waals surface area (Å²) < 4.78 is 1.62. The summed E-state index contributed by atoms with van der Waals surface area (Å²) >= 11 is 1.25. The zero-order valence-electron chi connectivity index (χ0n) is 15.8. The van der Waals surface area contributed by atoms with Crippen LogP contribution >= 0.6 is 11.8 Å². The summed E-state index contributed by atoms with van der Waals surface area (Å²) in [6, 6.07) is 13.0. The lowest BCUT2D eigenvalue weighted by molar-refractivity contribution is -0.114. The number of nitrogens with one attached hydrogen (secondary N) is 2. The largest absolute Gasteiger partial charge is 0.326 e. The van der Waals surface area contributed by atoms with Gasteiger partial charge in [-0.3, -0.25) is 9.59 Å². The molecule has 0 aliphatic heterocycles. The molecule has 1 heterocycles. The minimum atomic E-state index is -0.194. The first-order chi connectivity index (χ1) is 13.4.